The molecule has 0 aliphatic carbocycles. The van der Waals surface area contributed by atoms with E-state index >= 15 is 0 Å². The first kappa shape index (κ1) is 15.0. The number of rotatable bonds is 2. The molecule has 1 heterocycles. The highest BCUT2D eigenvalue weighted by atomic mass is 16.2. The maximum Gasteiger partial charge on any atom is 0.246 e. The third kappa shape index (κ3) is 2.88. The third-order valence-corrected chi connectivity index (χ3v) is 4.52. The molecular formula is C17H26N2O. The zero-order valence-electron chi connectivity index (χ0n) is 13.0. The minimum absolute atomic E-state index is 0.0375. The van der Waals surface area contributed by atoms with Gasteiger partial charge in [0.25, 0.3) is 0 Å². The lowest BCUT2D eigenvalue weighted by molar-refractivity contribution is -0.135. The maximum absolute atomic E-state index is 12.7. The Morgan fingerprint density at radius 1 is 1.20 bits per heavy atom. The first-order valence-corrected chi connectivity index (χ1v) is 7.36. The quantitative estimate of drug-likeness (QED) is 0.901. The van der Waals surface area contributed by atoms with Crippen molar-refractivity contribution in [3.05, 3.63) is 35.9 Å². The molecule has 0 aromatic heterocycles. The third-order valence-electron chi connectivity index (χ3n) is 4.52. The van der Waals surface area contributed by atoms with Crippen LogP contribution in [-0.2, 0) is 10.3 Å². The van der Waals surface area contributed by atoms with E-state index in [-0.39, 0.29) is 11.3 Å². The molecule has 20 heavy (non-hydrogen) atoms. The monoisotopic (exact) mass is 274 g/mol. The first-order valence-electron chi connectivity index (χ1n) is 7.36. The topological polar surface area (TPSA) is 46.3 Å². The number of nitrogens with two attached hydrogens (primary N) is 1. The Labute approximate surface area is 122 Å². The van der Waals surface area contributed by atoms with E-state index in [1.807, 2.05) is 42.2 Å². The molecule has 0 spiro atoms. The Balaban J connectivity index is 2.13. The Bertz CT molecular complexity index is 474. The summed E-state index contributed by atoms with van der Waals surface area (Å²) in [6, 6.07) is 9.64. The van der Waals surface area contributed by atoms with E-state index in [0.29, 0.717) is 5.92 Å². The van der Waals surface area contributed by atoms with Crippen LogP contribution >= 0.6 is 0 Å². The van der Waals surface area contributed by atoms with Gasteiger partial charge in [-0.25, -0.2) is 0 Å². The van der Waals surface area contributed by atoms with Crippen LogP contribution in [0.25, 0.3) is 0 Å². The smallest absolute Gasteiger partial charge is 0.246 e. The van der Waals surface area contributed by atoms with Crippen LogP contribution in [0.2, 0.25) is 0 Å². The highest BCUT2D eigenvalue weighted by Gasteiger charge is 2.40. The van der Waals surface area contributed by atoms with Crippen molar-refractivity contribution in [3.8, 4) is 0 Å². The second-order valence-electron chi connectivity index (χ2n) is 7.17. The summed E-state index contributed by atoms with van der Waals surface area (Å²) in [5.41, 5.74) is 6.51. The molecular weight excluding hydrogens is 248 g/mol. The van der Waals surface area contributed by atoms with Crippen molar-refractivity contribution >= 4 is 5.91 Å². The zero-order chi connectivity index (χ0) is 15.0. The number of carbonyl (C=O) groups excluding carboxylic acids is 1. The summed E-state index contributed by atoms with van der Waals surface area (Å²) in [6.07, 6.45) is 1.07. The van der Waals surface area contributed by atoms with Crippen LogP contribution < -0.4 is 5.73 Å². The van der Waals surface area contributed by atoms with Crippen LogP contribution in [0.3, 0.4) is 0 Å². The number of hydrogen-bond acceptors (Lipinski definition) is 2. The highest BCUT2D eigenvalue weighted by molar-refractivity contribution is 5.87. The number of amides is 1. The standard InChI is InChI=1S/C17H26N2O/c1-16(2,3)14-10-11-19(12-14)15(20)17(4,18)13-8-6-5-7-9-13/h5-9,14H,10-12,18H2,1-4H3. The van der Waals surface area contributed by atoms with Gasteiger partial charge >= 0.3 is 0 Å². The average molecular weight is 274 g/mol. The summed E-state index contributed by atoms with van der Waals surface area (Å²) in [7, 11) is 0. The molecule has 1 aromatic rings. The number of carbonyl (C=O) groups is 1. The van der Waals surface area contributed by atoms with E-state index < -0.39 is 5.54 Å². The maximum atomic E-state index is 12.7. The van der Waals surface area contributed by atoms with Crippen molar-refractivity contribution in [2.45, 2.75) is 39.7 Å². The van der Waals surface area contributed by atoms with Crippen molar-refractivity contribution in [1.29, 1.82) is 0 Å². The Hall–Kier alpha value is -1.35. The minimum Gasteiger partial charge on any atom is -0.340 e. The summed E-state index contributed by atoms with van der Waals surface area (Å²) in [6.45, 7) is 10.2. The molecule has 1 aliphatic rings. The molecule has 1 aromatic carbocycles. The average Bonchev–Trinajstić information content (AvgIpc) is 2.88. The zero-order valence-corrected chi connectivity index (χ0v) is 13.0. The van der Waals surface area contributed by atoms with Gasteiger partial charge in [-0.05, 0) is 30.2 Å². The van der Waals surface area contributed by atoms with Crippen molar-refractivity contribution in [2.75, 3.05) is 13.1 Å². The lowest BCUT2D eigenvalue weighted by Gasteiger charge is -2.31. The van der Waals surface area contributed by atoms with Crippen LogP contribution in [0, 0.1) is 11.3 Å². The van der Waals surface area contributed by atoms with E-state index in [1.165, 1.54) is 0 Å². The summed E-state index contributed by atoms with van der Waals surface area (Å²) in [4.78, 5) is 14.7. The Kier molecular flexibility index (Phi) is 3.92. The van der Waals surface area contributed by atoms with Crippen LogP contribution in [0.15, 0.2) is 30.3 Å². The summed E-state index contributed by atoms with van der Waals surface area (Å²) < 4.78 is 0. The molecule has 110 valence electrons. The number of likely N-dealkylation sites (tertiary alicyclic amines) is 1. The van der Waals surface area contributed by atoms with Gasteiger partial charge in [0, 0.05) is 13.1 Å². The van der Waals surface area contributed by atoms with E-state index in [1.54, 1.807) is 0 Å². The fourth-order valence-corrected chi connectivity index (χ4v) is 2.89. The van der Waals surface area contributed by atoms with Crippen molar-refractivity contribution in [1.82, 2.24) is 4.90 Å². The lowest BCUT2D eigenvalue weighted by Crippen LogP contribution is -2.50. The molecule has 0 bridgehead atoms. The molecule has 0 saturated carbocycles. The van der Waals surface area contributed by atoms with Crippen molar-refractivity contribution in [3.63, 3.8) is 0 Å². The number of nitrogens with zero attached hydrogens (tertiary/aromatic N) is 1. The highest BCUT2D eigenvalue weighted by Crippen LogP contribution is 2.35. The molecule has 1 aliphatic heterocycles. The van der Waals surface area contributed by atoms with Crippen molar-refractivity contribution in [2.24, 2.45) is 17.1 Å². The fourth-order valence-electron chi connectivity index (χ4n) is 2.89. The van der Waals surface area contributed by atoms with Gasteiger partial charge in [-0.1, -0.05) is 51.1 Å². The molecule has 2 atom stereocenters. The second kappa shape index (κ2) is 5.21. The number of hydrogen-bond donors (Lipinski definition) is 1. The van der Waals surface area contributed by atoms with Gasteiger partial charge in [0.1, 0.15) is 5.54 Å². The predicted molar refractivity (Wildman–Crippen MR) is 82.1 cm³/mol. The van der Waals surface area contributed by atoms with Crippen LogP contribution in [0.1, 0.15) is 39.7 Å². The second-order valence-corrected chi connectivity index (χ2v) is 7.17. The molecule has 1 amide bonds. The Morgan fingerprint density at radius 3 is 2.30 bits per heavy atom. The summed E-state index contributed by atoms with van der Waals surface area (Å²) in [5, 5.41) is 0. The van der Waals surface area contributed by atoms with E-state index in [9.17, 15) is 4.79 Å². The van der Waals surface area contributed by atoms with Crippen LogP contribution in [0.4, 0.5) is 0 Å². The summed E-state index contributed by atoms with van der Waals surface area (Å²) in [5.74, 6) is 0.591. The SMILES string of the molecule is CC(N)(C(=O)N1CCC(C(C)(C)C)C1)c1ccccc1. The van der Waals surface area contributed by atoms with Crippen LogP contribution in [-0.4, -0.2) is 23.9 Å². The van der Waals surface area contributed by atoms with Gasteiger partial charge in [-0.15, -0.1) is 0 Å². The molecule has 2 rings (SSSR count). The number of benzene rings is 1. The lowest BCUT2D eigenvalue weighted by atomic mass is 9.80. The van der Waals surface area contributed by atoms with Gasteiger partial charge in [-0.2, -0.15) is 0 Å². The van der Waals surface area contributed by atoms with Gasteiger partial charge in [-0.3, -0.25) is 4.79 Å². The minimum atomic E-state index is -0.936. The Morgan fingerprint density at radius 2 is 1.80 bits per heavy atom. The predicted octanol–water partition coefficient (Wildman–Crippen LogP) is 2.76. The normalized spacial score (nSPS) is 22.6. The van der Waals surface area contributed by atoms with Gasteiger partial charge in [0.15, 0.2) is 0 Å². The first-order chi connectivity index (χ1) is 9.23. The molecule has 0 radical (unpaired) electrons. The summed E-state index contributed by atoms with van der Waals surface area (Å²) >= 11 is 0. The van der Waals surface area contributed by atoms with E-state index in [0.717, 1.165) is 25.1 Å². The molecule has 3 nitrogen and oxygen atoms in total. The van der Waals surface area contributed by atoms with Gasteiger partial charge in [0.2, 0.25) is 5.91 Å². The van der Waals surface area contributed by atoms with E-state index in [4.69, 9.17) is 5.73 Å². The van der Waals surface area contributed by atoms with Crippen LogP contribution in [0.5, 0.6) is 0 Å². The fraction of sp³-hybridized carbons (Fsp3) is 0.588. The molecule has 1 saturated heterocycles. The van der Waals surface area contributed by atoms with E-state index in [2.05, 4.69) is 20.8 Å². The molecule has 3 heteroatoms. The largest absolute Gasteiger partial charge is 0.340 e. The molecule has 1 fully saturated rings. The van der Waals surface area contributed by atoms with Crippen molar-refractivity contribution < 1.29 is 4.79 Å². The molecule has 2 N–H and O–H groups in total. The van der Waals surface area contributed by atoms with Gasteiger partial charge in [0.05, 0.1) is 0 Å². The molecule has 2 unspecified atom stereocenters. The van der Waals surface area contributed by atoms with Gasteiger partial charge < -0.3 is 10.6 Å².